The number of carbonyl (C=O) groups is 2. The molecule has 0 saturated heterocycles. The second-order valence-corrected chi connectivity index (χ2v) is 7.86. The molecule has 1 aromatic heterocycles. The minimum absolute atomic E-state index is 0.0332. The van der Waals surface area contributed by atoms with Gasteiger partial charge in [0.1, 0.15) is 10.8 Å². The summed E-state index contributed by atoms with van der Waals surface area (Å²) in [5.74, 6) is -1.22. The summed E-state index contributed by atoms with van der Waals surface area (Å²) < 4.78 is 13.9. The van der Waals surface area contributed by atoms with Crippen molar-refractivity contribution in [3.63, 3.8) is 0 Å². The van der Waals surface area contributed by atoms with Gasteiger partial charge in [0.15, 0.2) is 0 Å². The molecule has 0 spiro atoms. The minimum Gasteiger partial charge on any atom is -0.365 e. The number of carbonyl (C=O) groups excluding carboxylic acids is 2. The number of hydrogen-bond acceptors (Lipinski definition) is 4. The Morgan fingerprint density at radius 2 is 2.15 bits per heavy atom. The van der Waals surface area contributed by atoms with Gasteiger partial charge in [0.25, 0.3) is 5.91 Å². The molecule has 3 N–H and O–H groups in total. The third kappa shape index (κ3) is 3.90. The fourth-order valence-corrected chi connectivity index (χ4v) is 4.71. The molecule has 0 radical (unpaired) electrons. The van der Waals surface area contributed by atoms with Gasteiger partial charge in [-0.1, -0.05) is 17.7 Å². The first-order valence-electron chi connectivity index (χ1n) is 8.22. The number of thiophene rings is 1. The number of anilines is 1. The lowest BCUT2D eigenvalue weighted by Crippen LogP contribution is -2.30. The first-order valence-corrected chi connectivity index (χ1v) is 9.42. The van der Waals surface area contributed by atoms with Crippen molar-refractivity contribution >= 4 is 39.8 Å². The van der Waals surface area contributed by atoms with E-state index in [0.717, 1.165) is 29.7 Å². The molecule has 138 valence electrons. The lowest BCUT2D eigenvalue weighted by molar-refractivity contribution is -0.117. The predicted molar refractivity (Wildman–Crippen MR) is 101 cm³/mol. The van der Waals surface area contributed by atoms with Gasteiger partial charge in [-0.3, -0.25) is 14.5 Å². The Morgan fingerprint density at radius 1 is 1.38 bits per heavy atom. The maximum Gasteiger partial charge on any atom is 0.251 e. The third-order valence-electron chi connectivity index (χ3n) is 4.32. The highest BCUT2D eigenvalue weighted by Crippen LogP contribution is 2.38. The van der Waals surface area contributed by atoms with Crippen LogP contribution in [0.4, 0.5) is 9.39 Å². The molecule has 1 heterocycles. The largest absolute Gasteiger partial charge is 0.365 e. The van der Waals surface area contributed by atoms with E-state index in [-0.39, 0.29) is 19.0 Å². The molecule has 5 nitrogen and oxygen atoms in total. The number of rotatable bonds is 6. The van der Waals surface area contributed by atoms with Gasteiger partial charge in [-0.05, 0) is 44.0 Å². The van der Waals surface area contributed by atoms with Crippen molar-refractivity contribution in [3.8, 4) is 0 Å². The van der Waals surface area contributed by atoms with Crippen molar-refractivity contribution in [2.45, 2.75) is 25.8 Å². The zero-order valence-corrected chi connectivity index (χ0v) is 15.8. The average Bonchev–Trinajstić information content (AvgIpc) is 3.10. The summed E-state index contributed by atoms with van der Waals surface area (Å²) in [6.07, 6.45) is 2.72. The molecule has 1 aliphatic rings. The van der Waals surface area contributed by atoms with Gasteiger partial charge in [-0.15, -0.1) is 11.3 Å². The van der Waals surface area contributed by atoms with Gasteiger partial charge in [0.2, 0.25) is 5.91 Å². The number of hydrogen-bond donors (Lipinski definition) is 2. The summed E-state index contributed by atoms with van der Waals surface area (Å²) >= 11 is 7.43. The zero-order chi connectivity index (χ0) is 18.8. The highest BCUT2D eigenvalue weighted by atomic mass is 35.5. The van der Waals surface area contributed by atoms with Crippen LogP contribution in [0.5, 0.6) is 0 Å². The smallest absolute Gasteiger partial charge is 0.251 e. The number of likely N-dealkylation sites (N-methyl/N-ethyl adjacent to an activating group) is 1. The fraction of sp³-hybridized carbons (Fsp3) is 0.333. The normalized spacial score (nSPS) is 13.1. The topological polar surface area (TPSA) is 75.4 Å². The average molecular weight is 396 g/mol. The van der Waals surface area contributed by atoms with Crippen LogP contribution in [0, 0.1) is 5.82 Å². The third-order valence-corrected chi connectivity index (χ3v) is 5.89. The summed E-state index contributed by atoms with van der Waals surface area (Å²) in [4.78, 5) is 26.9. The standard InChI is InChI=1S/C18H19ClFN3O2S/c1-23(8-11-12(19)5-3-6-13(11)20)9-15(24)22-18-16(17(21)25)10-4-2-7-14(10)26-18/h3,5-6H,2,4,7-9H2,1H3,(H2,21,25)(H,22,24). The lowest BCUT2D eigenvalue weighted by Gasteiger charge is -2.17. The first-order chi connectivity index (χ1) is 12.4. The van der Waals surface area contributed by atoms with Gasteiger partial charge in [0.05, 0.1) is 12.1 Å². The monoisotopic (exact) mass is 395 g/mol. The number of amides is 2. The van der Waals surface area contributed by atoms with Crippen molar-refractivity contribution < 1.29 is 14.0 Å². The maximum atomic E-state index is 13.9. The van der Waals surface area contributed by atoms with Gasteiger partial charge in [-0.2, -0.15) is 0 Å². The molecule has 2 amide bonds. The molecule has 0 unspecified atom stereocenters. The van der Waals surface area contributed by atoms with Crippen molar-refractivity contribution in [2.24, 2.45) is 5.73 Å². The van der Waals surface area contributed by atoms with Crippen LogP contribution in [0.3, 0.4) is 0 Å². The Bertz CT molecular complexity index is 848. The second kappa shape index (κ2) is 7.73. The van der Waals surface area contributed by atoms with E-state index in [1.165, 1.54) is 23.5 Å². The van der Waals surface area contributed by atoms with Crippen LogP contribution >= 0.6 is 22.9 Å². The Hall–Kier alpha value is -1.96. The molecule has 0 fully saturated rings. The highest BCUT2D eigenvalue weighted by molar-refractivity contribution is 7.17. The van der Waals surface area contributed by atoms with Gasteiger partial charge >= 0.3 is 0 Å². The fourth-order valence-electron chi connectivity index (χ4n) is 3.17. The molecule has 2 aromatic rings. The first kappa shape index (κ1) is 18.8. The summed E-state index contributed by atoms with van der Waals surface area (Å²) in [7, 11) is 1.70. The number of nitrogens with one attached hydrogen (secondary N) is 1. The molecular weight excluding hydrogens is 377 g/mol. The predicted octanol–water partition coefficient (Wildman–Crippen LogP) is 3.20. The van der Waals surface area contributed by atoms with E-state index in [1.54, 1.807) is 18.0 Å². The van der Waals surface area contributed by atoms with E-state index in [1.807, 2.05) is 0 Å². The molecule has 0 saturated carbocycles. The zero-order valence-electron chi connectivity index (χ0n) is 14.3. The Balaban J connectivity index is 1.67. The number of halogens is 2. The number of benzene rings is 1. The van der Waals surface area contributed by atoms with Crippen molar-refractivity contribution in [1.82, 2.24) is 4.90 Å². The van der Waals surface area contributed by atoms with E-state index in [0.29, 0.717) is 21.2 Å². The SMILES string of the molecule is CN(CC(=O)Nc1sc2c(c1C(N)=O)CCC2)Cc1c(F)cccc1Cl. The van der Waals surface area contributed by atoms with Crippen LogP contribution in [0.1, 0.15) is 32.8 Å². The van der Waals surface area contributed by atoms with Crippen molar-refractivity contribution in [1.29, 1.82) is 0 Å². The Kier molecular flexibility index (Phi) is 5.60. The van der Waals surface area contributed by atoms with Crippen LogP contribution in [0.15, 0.2) is 18.2 Å². The van der Waals surface area contributed by atoms with E-state index in [9.17, 15) is 14.0 Å². The van der Waals surface area contributed by atoms with Crippen LogP contribution in [0.25, 0.3) is 0 Å². The number of aryl methyl sites for hydroxylation is 1. The molecular formula is C18H19ClFN3O2S. The molecule has 1 aromatic carbocycles. The van der Waals surface area contributed by atoms with Gasteiger partial charge in [-0.25, -0.2) is 4.39 Å². The number of nitrogens with two attached hydrogens (primary N) is 1. The number of fused-ring (bicyclic) bond motifs is 1. The van der Waals surface area contributed by atoms with Crippen LogP contribution in [0.2, 0.25) is 5.02 Å². The van der Waals surface area contributed by atoms with E-state index in [4.69, 9.17) is 17.3 Å². The molecule has 0 bridgehead atoms. The van der Waals surface area contributed by atoms with Crippen molar-refractivity contribution in [2.75, 3.05) is 18.9 Å². The summed E-state index contributed by atoms with van der Waals surface area (Å²) in [6, 6.07) is 4.48. The molecule has 0 aliphatic heterocycles. The van der Waals surface area contributed by atoms with Gasteiger partial charge < -0.3 is 11.1 Å². The Labute approximate surface area is 159 Å². The van der Waals surface area contributed by atoms with E-state index >= 15 is 0 Å². The summed E-state index contributed by atoms with van der Waals surface area (Å²) in [5, 5.41) is 3.60. The molecule has 26 heavy (non-hydrogen) atoms. The van der Waals surface area contributed by atoms with Crippen LogP contribution in [-0.2, 0) is 24.2 Å². The molecule has 0 atom stereocenters. The summed E-state index contributed by atoms with van der Waals surface area (Å²) in [5.41, 5.74) is 7.23. The minimum atomic E-state index is -0.522. The molecule has 1 aliphatic carbocycles. The van der Waals surface area contributed by atoms with Crippen LogP contribution in [-0.4, -0.2) is 30.3 Å². The summed E-state index contributed by atoms with van der Waals surface area (Å²) in [6.45, 7) is 0.230. The highest BCUT2D eigenvalue weighted by Gasteiger charge is 2.26. The maximum absolute atomic E-state index is 13.9. The van der Waals surface area contributed by atoms with Crippen LogP contribution < -0.4 is 11.1 Å². The number of primary amides is 1. The van der Waals surface area contributed by atoms with E-state index in [2.05, 4.69) is 5.32 Å². The van der Waals surface area contributed by atoms with Crippen molar-refractivity contribution in [3.05, 3.63) is 50.6 Å². The molecule has 3 rings (SSSR count). The lowest BCUT2D eigenvalue weighted by atomic mass is 10.1. The molecule has 8 heteroatoms. The van der Waals surface area contributed by atoms with E-state index < -0.39 is 11.7 Å². The number of nitrogens with zero attached hydrogens (tertiary/aromatic N) is 1. The second-order valence-electron chi connectivity index (χ2n) is 6.35. The van der Waals surface area contributed by atoms with Gasteiger partial charge in [0, 0.05) is 22.0 Å². The Morgan fingerprint density at radius 3 is 2.85 bits per heavy atom. The quantitative estimate of drug-likeness (QED) is 0.788.